The van der Waals surface area contributed by atoms with Crippen LogP contribution in [0.4, 0.5) is 5.69 Å². The van der Waals surface area contributed by atoms with Crippen molar-refractivity contribution in [2.45, 2.75) is 51.1 Å². The van der Waals surface area contributed by atoms with E-state index in [0.29, 0.717) is 25.4 Å². The molecular weight excluding hydrogens is 578 g/mol. The number of methoxy groups -OCH3 is 2. The van der Waals surface area contributed by atoms with E-state index in [1.807, 2.05) is 54.3 Å². The highest BCUT2D eigenvalue weighted by Crippen LogP contribution is 2.29. The van der Waals surface area contributed by atoms with Gasteiger partial charge in [0.1, 0.15) is 17.3 Å². The van der Waals surface area contributed by atoms with Crippen LogP contribution in [-0.4, -0.2) is 82.2 Å². The fourth-order valence-corrected chi connectivity index (χ4v) is 6.76. The average molecular weight is 622 g/mol. The van der Waals surface area contributed by atoms with Gasteiger partial charge in [0.15, 0.2) is 9.84 Å². The van der Waals surface area contributed by atoms with Crippen molar-refractivity contribution in [2.24, 2.45) is 0 Å². The Morgan fingerprint density at radius 2 is 1.45 bits per heavy atom. The minimum atomic E-state index is -3.89. The van der Waals surface area contributed by atoms with Crippen molar-refractivity contribution >= 4 is 27.3 Å². The molecule has 4 rings (SSSR count). The van der Waals surface area contributed by atoms with Crippen LogP contribution in [0.3, 0.4) is 0 Å². The second-order valence-electron chi connectivity index (χ2n) is 11.4. The van der Waals surface area contributed by atoms with E-state index >= 15 is 0 Å². The van der Waals surface area contributed by atoms with Crippen molar-refractivity contribution in [1.82, 2.24) is 9.80 Å². The lowest BCUT2D eigenvalue weighted by Gasteiger charge is -2.30. The first-order valence-corrected chi connectivity index (χ1v) is 16.6. The van der Waals surface area contributed by atoms with Crippen molar-refractivity contribution in [3.05, 3.63) is 83.4 Å². The number of amides is 2. The monoisotopic (exact) mass is 621 g/mol. The number of anilines is 1. The van der Waals surface area contributed by atoms with Gasteiger partial charge >= 0.3 is 0 Å². The summed E-state index contributed by atoms with van der Waals surface area (Å²) in [5.74, 6) is 0.0928. The van der Waals surface area contributed by atoms with Gasteiger partial charge in [0.05, 0.1) is 31.2 Å². The van der Waals surface area contributed by atoms with Gasteiger partial charge in [-0.3, -0.25) is 14.5 Å². The van der Waals surface area contributed by atoms with E-state index in [1.54, 1.807) is 24.1 Å². The molecule has 0 spiro atoms. The van der Waals surface area contributed by atoms with Gasteiger partial charge in [-0.15, -0.1) is 0 Å². The maximum atomic E-state index is 13.9. The molecule has 0 fully saturated rings. The van der Waals surface area contributed by atoms with Gasteiger partial charge in [-0.25, -0.2) is 8.42 Å². The molecule has 3 aromatic carbocycles. The first kappa shape index (κ1) is 33.0. The van der Waals surface area contributed by atoms with E-state index in [1.165, 1.54) is 19.2 Å². The number of hydrogen-bond acceptors (Lipinski definition) is 7. The number of nitrogens with zero attached hydrogens (tertiary/aromatic N) is 3. The molecule has 0 aliphatic carbocycles. The van der Waals surface area contributed by atoms with Crippen molar-refractivity contribution < 1.29 is 27.5 Å². The van der Waals surface area contributed by atoms with E-state index in [-0.39, 0.29) is 29.8 Å². The molecule has 0 aromatic heterocycles. The van der Waals surface area contributed by atoms with E-state index < -0.39 is 21.5 Å². The number of fused-ring (bicyclic) bond motifs is 1. The van der Waals surface area contributed by atoms with Crippen LogP contribution in [0.2, 0.25) is 0 Å². The van der Waals surface area contributed by atoms with Crippen LogP contribution in [0.15, 0.2) is 71.6 Å². The Morgan fingerprint density at radius 3 is 2.07 bits per heavy atom. The van der Waals surface area contributed by atoms with E-state index in [4.69, 9.17) is 9.47 Å². The minimum absolute atomic E-state index is 0.0407. The summed E-state index contributed by atoms with van der Waals surface area (Å²) in [4.78, 5) is 33.5. The lowest BCUT2D eigenvalue weighted by molar-refractivity contribution is -0.129. The number of ether oxygens (including phenoxy) is 2. The van der Waals surface area contributed by atoms with Crippen LogP contribution in [0.1, 0.15) is 37.0 Å². The van der Waals surface area contributed by atoms with Gasteiger partial charge in [0.25, 0.3) is 0 Å². The third-order valence-corrected chi connectivity index (χ3v) is 9.68. The van der Waals surface area contributed by atoms with Crippen LogP contribution < -0.4 is 14.4 Å². The van der Waals surface area contributed by atoms with Gasteiger partial charge in [-0.2, -0.15) is 0 Å². The second-order valence-corrected chi connectivity index (χ2v) is 13.4. The smallest absolute Gasteiger partial charge is 0.238 e. The Hall–Kier alpha value is -3.89. The molecular formula is C34H43N3O6S. The summed E-state index contributed by atoms with van der Waals surface area (Å²) in [6.07, 6.45) is 0.967. The zero-order chi connectivity index (χ0) is 31.9. The summed E-state index contributed by atoms with van der Waals surface area (Å²) in [5, 5.41) is 0. The highest BCUT2D eigenvalue weighted by atomic mass is 32.2. The molecule has 3 aromatic rings. The molecule has 236 valence electrons. The van der Waals surface area contributed by atoms with Crippen molar-refractivity contribution in [2.75, 3.05) is 51.1 Å². The second kappa shape index (κ2) is 14.7. The molecule has 1 aliphatic rings. The molecule has 0 unspecified atom stereocenters. The number of aryl methyl sites for hydroxylation is 1. The molecule has 0 atom stereocenters. The molecule has 0 saturated carbocycles. The highest BCUT2D eigenvalue weighted by Gasteiger charge is 2.28. The average Bonchev–Trinajstić information content (AvgIpc) is 3.04. The fraction of sp³-hybridized carbons (Fsp3) is 0.412. The van der Waals surface area contributed by atoms with E-state index in [9.17, 15) is 18.0 Å². The summed E-state index contributed by atoms with van der Waals surface area (Å²) in [6.45, 7) is 8.57. The lowest BCUT2D eigenvalue weighted by atomic mass is 10.0. The molecule has 1 aliphatic heterocycles. The number of para-hydroxylation sites is 1. The third kappa shape index (κ3) is 8.18. The maximum Gasteiger partial charge on any atom is 0.238 e. The van der Waals surface area contributed by atoms with Gasteiger partial charge in [-0.05, 0) is 80.3 Å². The summed E-state index contributed by atoms with van der Waals surface area (Å²) >= 11 is 0. The molecule has 0 bridgehead atoms. The number of sulfone groups is 1. The Kier molecular flexibility index (Phi) is 11.0. The summed E-state index contributed by atoms with van der Waals surface area (Å²) in [6, 6.07) is 19.6. The van der Waals surface area contributed by atoms with Gasteiger partial charge in [-0.1, -0.05) is 30.3 Å². The fourth-order valence-electron chi connectivity index (χ4n) is 5.54. The number of rotatable bonds is 8. The zero-order valence-electron chi connectivity index (χ0n) is 26.3. The van der Waals surface area contributed by atoms with Gasteiger partial charge < -0.3 is 19.3 Å². The molecule has 44 heavy (non-hydrogen) atoms. The first-order chi connectivity index (χ1) is 21.0. The molecule has 0 N–H and O–H groups in total. The predicted octanol–water partition coefficient (Wildman–Crippen LogP) is 4.50. The SMILES string of the molecule is COc1ccc(CC(=O)N2CCCN(C(C)C)CCN(C(=O)CS(=O)(=O)c3ccc(OC)cc3)Cc3cccc(C)c32)cc1. The van der Waals surface area contributed by atoms with Gasteiger partial charge in [0.2, 0.25) is 11.8 Å². The normalized spacial score (nSPS) is 15.0. The summed E-state index contributed by atoms with van der Waals surface area (Å²) in [7, 11) is -0.773. The maximum absolute atomic E-state index is 13.9. The van der Waals surface area contributed by atoms with E-state index in [2.05, 4.69) is 18.7 Å². The molecule has 10 heteroatoms. The number of benzene rings is 3. The number of hydrogen-bond donors (Lipinski definition) is 0. The van der Waals surface area contributed by atoms with Crippen molar-refractivity contribution in [3.63, 3.8) is 0 Å². The van der Waals surface area contributed by atoms with Crippen molar-refractivity contribution in [3.8, 4) is 11.5 Å². The topological polar surface area (TPSA) is 96.5 Å². The molecule has 2 amide bonds. The Morgan fingerprint density at radius 1 is 0.818 bits per heavy atom. The molecule has 0 saturated heterocycles. The lowest BCUT2D eigenvalue weighted by Crippen LogP contribution is -2.43. The van der Waals surface area contributed by atoms with Crippen molar-refractivity contribution in [1.29, 1.82) is 0 Å². The number of carbonyl (C=O) groups is 2. The van der Waals surface area contributed by atoms with E-state index in [0.717, 1.165) is 41.1 Å². The third-order valence-electron chi connectivity index (χ3n) is 8.07. The van der Waals surface area contributed by atoms with Crippen LogP contribution in [0.5, 0.6) is 11.5 Å². The quantitative estimate of drug-likeness (QED) is 0.365. The largest absolute Gasteiger partial charge is 0.497 e. The predicted molar refractivity (Wildman–Crippen MR) is 172 cm³/mol. The Balaban J connectivity index is 1.67. The Labute approximate surface area is 261 Å². The Bertz CT molecular complexity index is 1540. The molecule has 9 nitrogen and oxygen atoms in total. The van der Waals surface area contributed by atoms with Crippen LogP contribution in [0.25, 0.3) is 0 Å². The standard InChI is InChI=1S/C34H43N3O6S/c1-25(2)35-18-7-19-37(32(38)22-27-10-12-29(42-4)13-11-27)34-26(3)8-6-9-28(34)23-36(21-20-35)33(39)24-44(40,41)31-16-14-30(43-5)15-17-31/h6,8-17,25H,7,18-24H2,1-5H3. The van der Waals surface area contributed by atoms with Crippen LogP contribution >= 0.6 is 0 Å². The number of carbonyl (C=O) groups excluding carboxylic acids is 2. The van der Waals surface area contributed by atoms with Crippen LogP contribution in [0, 0.1) is 6.92 Å². The molecule has 1 heterocycles. The zero-order valence-corrected chi connectivity index (χ0v) is 27.1. The van der Waals surface area contributed by atoms with Crippen LogP contribution in [-0.2, 0) is 32.4 Å². The first-order valence-electron chi connectivity index (χ1n) is 14.9. The highest BCUT2D eigenvalue weighted by molar-refractivity contribution is 7.92. The minimum Gasteiger partial charge on any atom is -0.497 e. The van der Waals surface area contributed by atoms with Gasteiger partial charge in [0, 0.05) is 38.8 Å². The summed E-state index contributed by atoms with van der Waals surface area (Å²) < 4.78 is 37.0. The summed E-state index contributed by atoms with van der Waals surface area (Å²) in [5.41, 5.74) is 3.38. The molecule has 0 radical (unpaired) electrons.